The number of hydrogen-bond donors (Lipinski definition) is 3. The molecule has 41 heavy (non-hydrogen) atoms. The van der Waals surface area contributed by atoms with Crippen LogP contribution in [0.3, 0.4) is 0 Å². The molecule has 3 heterocycles. The lowest BCUT2D eigenvalue weighted by molar-refractivity contribution is 0.0627. The number of nitrogens with zero attached hydrogens (tertiary/aromatic N) is 4. The van der Waals surface area contributed by atoms with Crippen molar-refractivity contribution in [2.24, 2.45) is 0 Å². The third kappa shape index (κ3) is 5.63. The number of benzene rings is 3. The van der Waals surface area contributed by atoms with E-state index in [1.165, 1.54) is 6.07 Å². The van der Waals surface area contributed by atoms with E-state index in [0.29, 0.717) is 46.7 Å². The van der Waals surface area contributed by atoms with Crippen LogP contribution in [0.2, 0.25) is 0 Å². The number of nitrogen functional groups attached to an aromatic ring is 1. The van der Waals surface area contributed by atoms with E-state index in [1.54, 1.807) is 48.8 Å². The minimum absolute atomic E-state index is 0.0805. The van der Waals surface area contributed by atoms with Crippen molar-refractivity contribution in [2.75, 3.05) is 36.6 Å². The van der Waals surface area contributed by atoms with Gasteiger partial charge in [-0.25, -0.2) is 8.42 Å². The van der Waals surface area contributed by atoms with E-state index < -0.39 is 10.0 Å². The van der Waals surface area contributed by atoms with E-state index in [2.05, 4.69) is 24.8 Å². The smallest absolute Gasteiger partial charge is 0.262 e. The minimum atomic E-state index is -4.00. The van der Waals surface area contributed by atoms with E-state index in [9.17, 15) is 13.2 Å². The Bertz CT molecular complexity index is 1790. The second-order valence-electron chi connectivity index (χ2n) is 9.95. The average Bonchev–Trinajstić information content (AvgIpc) is 3.50. The maximum absolute atomic E-state index is 13.6. The van der Waals surface area contributed by atoms with Crippen LogP contribution in [-0.4, -0.2) is 65.5 Å². The summed E-state index contributed by atoms with van der Waals surface area (Å²) < 4.78 is 29.8. The van der Waals surface area contributed by atoms with Crippen LogP contribution < -0.4 is 10.5 Å². The van der Waals surface area contributed by atoms with Gasteiger partial charge in [0.15, 0.2) is 0 Å². The molecule has 6 rings (SSSR count). The molecule has 10 nitrogen and oxygen atoms in total. The van der Waals surface area contributed by atoms with Crippen molar-refractivity contribution in [2.45, 2.75) is 11.4 Å². The number of sulfonamides is 1. The van der Waals surface area contributed by atoms with Crippen LogP contribution in [0.5, 0.6) is 0 Å². The summed E-state index contributed by atoms with van der Waals surface area (Å²) in [5, 5.41) is 7.91. The van der Waals surface area contributed by atoms with Crippen molar-refractivity contribution in [3.63, 3.8) is 0 Å². The van der Waals surface area contributed by atoms with Crippen LogP contribution in [0, 0.1) is 0 Å². The number of hydrogen-bond acceptors (Lipinski definition) is 7. The predicted octanol–water partition coefficient (Wildman–Crippen LogP) is 3.97. The van der Waals surface area contributed by atoms with Crippen LogP contribution in [-0.2, 0) is 16.6 Å². The molecule has 1 aliphatic heterocycles. The predicted molar refractivity (Wildman–Crippen MR) is 159 cm³/mol. The summed E-state index contributed by atoms with van der Waals surface area (Å²) in [7, 11) is -4.00. The standard InChI is InChI=1S/C30H29N7O3S/c31-23-8-11-28(27(19-23)26-5-1-3-21-4-2-13-32-29(21)26)41(39,40)35-24-9-6-22(7-10-24)30(38)37-17-15-36(16-18-37)20-25-12-14-33-34-25/h1-14,19,35H,15-18,20,31H2,(H,33,34). The largest absolute Gasteiger partial charge is 0.399 e. The number of para-hydroxylation sites is 1. The Hall–Kier alpha value is -4.74. The van der Waals surface area contributed by atoms with Crippen molar-refractivity contribution in [3.8, 4) is 11.1 Å². The third-order valence-corrected chi connectivity index (χ3v) is 8.64. The number of aromatic amines is 1. The summed E-state index contributed by atoms with van der Waals surface area (Å²) in [6, 6.07) is 22.5. The SMILES string of the molecule is Nc1ccc(S(=O)(=O)Nc2ccc(C(=O)N3CCN(Cc4cc[nH]n4)CC3)cc2)c(-c2cccc3cccnc23)c1. The normalized spacial score (nSPS) is 14.3. The number of nitrogens with two attached hydrogens (primary N) is 1. The molecule has 3 aromatic carbocycles. The molecular weight excluding hydrogens is 538 g/mol. The summed E-state index contributed by atoms with van der Waals surface area (Å²) in [6.07, 6.45) is 3.48. The quantitative estimate of drug-likeness (QED) is 0.253. The molecule has 1 amide bonds. The summed E-state index contributed by atoms with van der Waals surface area (Å²) in [5.41, 5.74) is 10.1. The number of piperazine rings is 1. The van der Waals surface area contributed by atoms with Crippen LogP contribution in [0.25, 0.3) is 22.0 Å². The van der Waals surface area contributed by atoms with Gasteiger partial charge in [-0.05, 0) is 54.6 Å². The lowest BCUT2D eigenvalue weighted by Gasteiger charge is -2.34. The molecule has 0 bridgehead atoms. The highest BCUT2D eigenvalue weighted by Gasteiger charge is 2.24. The Kier molecular flexibility index (Phi) is 7.12. The Labute approximate surface area is 237 Å². The van der Waals surface area contributed by atoms with Gasteiger partial charge in [-0.3, -0.25) is 24.5 Å². The van der Waals surface area contributed by atoms with Gasteiger partial charge >= 0.3 is 0 Å². The number of nitrogens with one attached hydrogen (secondary N) is 2. The summed E-state index contributed by atoms with van der Waals surface area (Å²) >= 11 is 0. The number of carbonyl (C=O) groups is 1. The number of amides is 1. The first-order chi connectivity index (χ1) is 19.9. The lowest BCUT2D eigenvalue weighted by atomic mass is 10.0. The van der Waals surface area contributed by atoms with Crippen LogP contribution >= 0.6 is 0 Å². The van der Waals surface area contributed by atoms with Gasteiger partial charge in [0.2, 0.25) is 0 Å². The van der Waals surface area contributed by atoms with Gasteiger partial charge in [0.25, 0.3) is 15.9 Å². The van der Waals surface area contributed by atoms with Gasteiger partial charge < -0.3 is 10.6 Å². The Morgan fingerprint density at radius 3 is 2.46 bits per heavy atom. The summed E-state index contributed by atoms with van der Waals surface area (Å²) in [4.78, 5) is 21.8. The first-order valence-electron chi connectivity index (χ1n) is 13.2. The summed E-state index contributed by atoms with van der Waals surface area (Å²) in [6.45, 7) is 3.48. The fourth-order valence-corrected chi connectivity index (χ4v) is 6.37. The Morgan fingerprint density at radius 2 is 1.71 bits per heavy atom. The molecule has 1 fully saturated rings. The van der Waals surface area contributed by atoms with Gasteiger partial charge in [0.1, 0.15) is 0 Å². The minimum Gasteiger partial charge on any atom is -0.399 e. The fraction of sp³-hybridized carbons (Fsp3) is 0.167. The molecule has 0 atom stereocenters. The highest BCUT2D eigenvalue weighted by molar-refractivity contribution is 7.92. The summed E-state index contributed by atoms with van der Waals surface area (Å²) in [5.74, 6) is -0.0805. The maximum atomic E-state index is 13.6. The number of carbonyl (C=O) groups excluding carboxylic acids is 1. The Morgan fingerprint density at radius 1 is 0.927 bits per heavy atom. The van der Waals surface area contributed by atoms with Crippen molar-refractivity contribution >= 4 is 38.2 Å². The van der Waals surface area contributed by atoms with Crippen LogP contribution in [0.1, 0.15) is 16.1 Å². The molecule has 0 saturated carbocycles. The molecule has 208 valence electrons. The molecule has 5 aromatic rings. The molecule has 1 aliphatic rings. The zero-order valence-corrected chi connectivity index (χ0v) is 23.0. The lowest BCUT2D eigenvalue weighted by Crippen LogP contribution is -2.48. The first kappa shape index (κ1) is 26.5. The monoisotopic (exact) mass is 567 g/mol. The molecule has 4 N–H and O–H groups in total. The molecule has 0 spiro atoms. The van der Waals surface area contributed by atoms with Crippen molar-refractivity contribution < 1.29 is 13.2 Å². The first-order valence-corrected chi connectivity index (χ1v) is 14.7. The van der Waals surface area contributed by atoms with E-state index in [1.807, 2.05) is 41.3 Å². The number of fused-ring (bicyclic) bond motifs is 1. The van der Waals surface area contributed by atoms with E-state index in [4.69, 9.17) is 5.73 Å². The average molecular weight is 568 g/mol. The molecule has 0 radical (unpaired) electrons. The zero-order chi connectivity index (χ0) is 28.4. The van der Waals surface area contributed by atoms with Gasteiger partial charge in [0.05, 0.1) is 16.1 Å². The second-order valence-corrected chi connectivity index (χ2v) is 11.6. The molecule has 0 aliphatic carbocycles. The van der Waals surface area contributed by atoms with Gasteiger partial charge in [0, 0.05) is 78.6 Å². The molecule has 0 unspecified atom stereocenters. The Balaban J connectivity index is 1.18. The molecular formula is C30H29N7O3S. The number of anilines is 2. The van der Waals surface area contributed by atoms with Gasteiger partial charge in [-0.1, -0.05) is 24.3 Å². The number of pyridine rings is 1. The fourth-order valence-electron chi connectivity index (χ4n) is 5.10. The molecule has 11 heteroatoms. The van der Waals surface area contributed by atoms with Gasteiger partial charge in [-0.2, -0.15) is 5.10 Å². The number of aromatic nitrogens is 3. The van der Waals surface area contributed by atoms with E-state index in [0.717, 1.165) is 30.7 Å². The molecule has 2 aromatic heterocycles. The second kappa shape index (κ2) is 11.0. The van der Waals surface area contributed by atoms with Crippen molar-refractivity contribution in [1.82, 2.24) is 25.0 Å². The zero-order valence-electron chi connectivity index (χ0n) is 22.2. The number of rotatable bonds is 7. The third-order valence-electron chi connectivity index (χ3n) is 7.20. The number of H-pyrrole nitrogens is 1. The topological polar surface area (TPSA) is 137 Å². The van der Waals surface area contributed by atoms with Gasteiger partial charge in [-0.15, -0.1) is 0 Å². The van der Waals surface area contributed by atoms with E-state index >= 15 is 0 Å². The highest BCUT2D eigenvalue weighted by atomic mass is 32.2. The maximum Gasteiger partial charge on any atom is 0.262 e. The van der Waals surface area contributed by atoms with Crippen molar-refractivity contribution in [1.29, 1.82) is 0 Å². The van der Waals surface area contributed by atoms with Crippen LogP contribution in [0.4, 0.5) is 11.4 Å². The highest BCUT2D eigenvalue weighted by Crippen LogP contribution is 2.34. The molecule has 1 saturated heterocycles. The van der Waals surface area contributed by atoms with E-state index in [-0.39, 0.29) is 10.8 Å². The van der Waals surface area contributed by atoms with Crippen LogP contribution in [0.15, 0.2) is 96.2 Å². The van der Waals surface area contributed by atoms with Crippen molar-refractivity contribution in [3.05, 3.63) is 103 Å².